The third kappa shape index (κ3) is 5.89. The van der Waals surface area contributed by atoms with Gasteiger partial charge in [0.15, 0.2) is 6.54 Å². The second-order valence-electron chi connectivity index (χ2n) is 8.93. The largest absolute Gasteiger partial charge is 0.508 e. The lowest BCUT2D eigenvalue weighted by atomic mass is 10.0. The summed E-state index contributed by atoms with van der Waals surface area (Å²) in [5, 5.41) is 12.7. The molecule has 0 aliphatic rings. The molecule has 0 atom stereocenters. The highest BCUT2D eigenvalue weighted by Crippen LogP contribution is 2.31. The Morgan fingerprint density at radius 2 is 1.68 bits per heavy atom. The molecule has 0 fully saturated rings. The summed E-state index contributed by atoms with van der Waals surface area (Å²) in [5.41, 5.74) is 11.7. The Balaban J connectivity index is 1.48. The molecule has 0 unspecified atom stereocenters. The molecular weight excluding hydrogens is 519 g/mol. The van der Waals surface area contributed by atoms with Crippen molar-refractivity contribution >= 4 is 34.8 Å². The Kier molecular flexibility index (Phi) is 7.47. The van der Waals surface area contributed by atoms with Gasteiger partial charge in [-0.1, -0.05) is 59.6 Å². The van der Waals surface area contributed by atoms with E-state index in [1.807, 2.05) is 65.4 Å². The lowest BCUT2D eigenvalue weighted by molar-refractivity contribution is -0.559. The zero-order valence-electron chi connectivity index (χ0n) is 20.3. The van der Waals surface area contributed by atoms with Crippen LogP contribution in [0.4, 0.5) is 5.69 Å². The molecule has 0 saturated carbocycles. The van der Waals surface area contributed by atoms with E-state index < -0.39 is 0 Å². The molecule has 0 aliphatic heterocycles. The number of aromatic nitrogens is 2. The fourth-order valence-corrected chi connectivity index (χ4v) is 4.77. The molecule has 1 aromatic heterocycles. The Labute approximate surface area is 230 Å². The highest BCUT2D eigenvalue weighted by Gasteiger charge is 2.15. The topological polar surface area (TPSA) is 97.8 Å². The van der Waals surface area contributed by atoms with Gasteiger partial charge in [-0.3, -0.25) is 4.79 Å². The molecule has 0 radical (unpaired) electrons. The van der Waals surface area contributed by atoms with E-state index in [9.17, 15) is 9.90 Å². The number of carbonyl (C=O) groups is 1. The first-order valence-electron chi connectivity index (χ1n) is 12.0. The summed E-state index contributed by atoms with van der Waals surface area (Å²) in [4.78, 5) is 16.1. The lowest BCUT2D eigenvalue weighted by Gasteiger charge is -2.09. The van der Waals surface area contributed by atoms with E-state index in [1.165, 1.54) is 0 Å². The van der Waals surface area contributed by atoms with Gasteiger partial charge in [-0.2, -0.15) is 0 Å². The second kappa shape index (κ2) is 11.1. The molecular formula is C30H25Cl2N4O2+. The summed E-state index contributed by atoms with van der Waals surface area (Å²) in [7, 11) is 0. The molecule has 190 valence electrons. The first-order chi connectivity index (χ1) is 18.4. The van der Waals surface area contributed by atoms with Crippen LogP contribution in [0.1, 0.15) is 11.4 Å². The van der Waals surface area contributed by atoms with E-state index in [4.69, 9.17) is 33.9 Å². The zero-order chi connectivity index (χ0) is 26.6. The molecule has 0 saturated heterocycles. The van der Waals surface area contributed by atoms with Crippen molar-refractivity contribution in [2.75, 3.05) is 6.54 Å². The first kappa shape index (κ1) is 25.5. The third-order valence-electron chi connectivity index (χ3n) is 6.19. The van der Waals surface area contributed by atoms with Crippen LogP contribution in [0.5, 0.6) is 5.75 Å². The molecule has 0 bridgehead atoms. The number of benzene rings is 4. The molecule has 5 aromatic rings. The number of rotatable bonds is 8. The number of primary amides is 1. The number of hydrogen-bond donors (Lipinski definition) is 3. The highest BCUT2D eigenvalue weighted by molar-refractivity contribution is 6.36. The highest BCUT2D eigenvalue weighted by atomic mass is 35.5. The van der Waals surface area contributed by atoms with Crippen LogP contribution in [0.2, 0.25) is 10.0 Å². The molecule has 4 aromatic carbocycles. The van der Waals surface area contributed by atoms with Gasteiger partial charge in [-0.15, -0.1) is 0 Å². The summed E-state index contributed by atoms with van der Waals surface area (Å²) in [6, 6.07) is 28.6. The molecule has 6 nitrogen and oxygen atoms in total. The summed E-state index contributed by atoms with van der Waals surface area (Å²) >= 11 is 12.6. The maximum Gasteiger partial charge on any atom is 0.272 e. The predicted molar refractivity (Wildman–Crippen MR) is 151 cm³/mol. The minimum Gasteiger partial charge on any atom is -0.508 e. The summed E-state index contributed by atoms with van der Waals surface area (Å²) in [5.74, 6) is 0.704. The lowest BCUT2D eigenvalue weighted by Crippen LogP contribution is -2.80. The van der Waals surface area contributed by atoms with Gasteiger partial charge in [0.2, 0.25) is 0 Å². The Morgan fingerprint density at radius 1 is 0.921 bits per heavy atom. The number of amides is 1. The number of phenolic OH excluding ortho intramolecular Hbond substituents is 1. The van der Waals surface area contributed by atoms with E-state index in [2.05, 4.69) is 12.1 Å². The zero-order valence-corrected chi connectivity index (χ0v) is 21.8. The number of phenols is 1. The number of imidazole rings is 1. The Bertz CT molecular complexity index is 1600. The monoisotopic (exact) mass is 543 g/mol. The van der Waals surface area contributed by atoms with Gasteiger partial charge in [-0.25, -0.2) is 4.98 Å². The number of nitrogens with two attached hydrogens (primary N) is 2. The Hall–Kier alpha value is -4.10. The van der Waals surface area contributed by atoms with Crippen molar-refractivity contribution < 1.29 is 15.2 Å². The predicted octanol–water partition coefficient (Wildman–Crippen LogP) is 5.49. The van der Waals surface area contributed by atoms with Crippen LogP contribution in [0.15, 0.2) is 97.2 Å². The van der Waals surface area contributed by atoms with Crippen molar-refractivity contribution in [1.29, 1.82) is 0 Å². The van der Waals surface area contributed by atoms with Crippen molar-refractivity contribution in [1.82, 2.24) is 9.55 Å². The standard InChI is InChI=1S/C30H24Cl2N4O2/c31-22-8-13-26(27(32)16-22)28-18-36(24-11-9-23(10-12-24)34-17-29(33)38)30(35-28)14-19-4-6-20(7-5-19)21-2-1-3-25(37)15-21/h1-13,15-16,18,34,37H,14,17H2,(H2,33,38)/p+1. The average molecular weight is 544 g/mol. The quantitative estimate of drug-likeness (QED) is 0.226. The van der Waals surface area contributed by atoms with Crippen LogP contribution in [-0.2, 0) is 11.2 Å². The molecule has 0 spiro atoms. The molecule has 5 rings (SSSR count). The van der Waals surface area contributed by atoms with E-state index in [-0.39, 0.29) is 18.2 Å². The SMILES string of the molecule is NC(=O)C[NH2+]c1ccc(-n2cc(-c3ccc(Cl)cc3Cl)nc2Cc2ccc(-c3cccc(O)c3)cc2)cc1. The van der Waals surface area contributed by atoms with Crippen molar-refractivity contribution in [3.63, 3.8) is 0 Å². The third-order valence-corrected chi connectivity index (χ3v) is 6.74. The number of aromatic hydroxyl groups is 1. The fraction of sp³-hybridized carbons (Fsp3) is 0.0667. The van der Waals surface area contributed by atoms with Crippen molar-refractivity contribution in [3.05, 3.63) is 119 Å². The van der Waals surface area contributed by atoms with Crippen LogP contribution >= 0.6 is 23.2 Å². The van der Waals surface area contributed by atoms with Crippen LogP contribution in [0, 0.1) is 0 Å². The molecule has 38 heavy (non-hydrogen) atoms. The molecule has 1 amide bonds. The maximum atomic E-state index is 11.1. The van der Waals surface area contributed by atoms with E-state index >= 15 is 0 Å². The average Bonchev–Trinajstić information content (AvgIpc) is 3.31. The van der Waals surface area contributed by atoms with Gasteiger partial charge < -0.3 is 20.7 Å². The minimum absolute atomic E-state index is 0.188. The molecule has 0 aliphatic carbocycles. The summed E-state index contributed by atoms with van der Waals surface area (Å²) < 4.78 is 2.04. The van der Waals surface area contributed by atoms with Gasteiger partial charge in [0, 0.05) is 41.0 Å². The van der Waals surface area contributed by atoms with Gasteiger partial charge in [0.05, 0.1) is 10.7 Å². The van der Waals surface area contributed by atoms with Crippen LogP contribution < -0.4 is 11.1 Å². The smallest absolute Gasteiger partial charge is 0.272 e. The number of nitrogens with zero attached hydrogens (tertiary/aromatic N) is 2. The van der Waals surface area contributed by atoms with E-state index in [0.717, 1.165) is 45.1 Å². The molecule has 5 N–H and O–H groups in total. The van der Waals surface area contributed by atoms with Gasteiger partial charge in [0.1, 0.15) is 17.3 Å². The molecule has 1 heterocycles. The first-order valence-corrected chi connectivity index (χ1v) is 12.8. The van der Waals surface area contributed by atoms with Gasteiger partial charge >= 0.3 is 0 Å². The van der Waals surface area contributed by atoms with Crippen LogP contribution in [0.3, 0.4) is 0 Å². The summed E-state index contributed by atoms with van der Waals surface area (Å²) in [6.45, 7) is 0.188. The number of hydrogen-bond acceptors (Lipinski definition) is 3. The van der Waals surface area contributed by atoms with Gasteiger partial charge in [-0.05, 0) is 59.2 Å². The second-order valence-corrected chi connectivity index (χ2v) is 9.77. The van der Waals surface area contributed by atoms with Crippen molar-refractivity contribution in [2.45, 2.75) is 6.42 Å². The van der Waals surface area contributed by atoms with Crippen molar-refractivity contribution in [2.24, 2.45) is 5.73 Å². The van der Waals surface area contributed by atoms with Crippen LogP contribution in [0.25, 0.3) is 28.1 Å². The number of quaternary nitrogens is 1. The minimum atomic E-state index is -0.370. The normalized spacial score (nSPS) is 11.0. The number of halogens is 2. The number of carbonyl (C=O) groups excluding carboxylic acids is 1. The van der Waals surface area contributed by atoms with E-state index in [1.54, 1.807) is 29.6 Å². The Morgan fingerprint density at radius 3 is 2.37 bits per heavy atom. The van der Waals surface area contributed by atoms with Crippen molar-refractivity contribution in [3.8, 4) is 33.8 Å². The van der Waals surface area contributed by atoms with Crippen LogP contribution in [-0.4, -0.2) is 27.1 Å². The molecule has 8 heteroatoms. The van der Waals surface area contributed by atoms with Gasteiger partial charge in [0.25, 0.3) is 5.91 Å². The fourth-order valence-electron chi connectivity index (χ4n) is 4.27. The maximum absolute atomic E-state index is 11.1. The summed E-state index contributed by atoms with van der Waals surface area (Å²) in [6.07, 6.45) is 2.55. The van der Waals surface area contributed by atoms with E-state index in [0.29, 0.717) is 16.5 Å².